The van der Waals surface area contributed by atoms with E-state index in [1.54, 1.807) is 11.3 Å². The van der Waals surface area contributed by atoms with E-state index in [0.29, 0.717) is 6.04 Å². The van der Waals surface area contributed by atoms with Crippen LogP contribution in [0.3, 0.4) is 0 Å². The number of hydrogen-bond donors (Lipinski definition) is 1. The largest absolute Gasteiger partial charge is 0.314 e. The van der Waals surface area contributed by atoms with Crippen molar-refractivity contribution in [2.45, 2.75) is 32.2 Å². The lowest BCUT2D eigenvalue weighted by molar-refractivity contribution is 0.555. The van der Waals surface area contributed by atoms with Crippen molar-refractivity contribution in [3.63, 3.8) is 0 Å². The first-order valence-electron chi connectivity index (χ1n) is 5.26. The first kappa shape index (κ1) is 11.9. The lowest BCUT2D eigenvalue weighted by atomic mass is 10.2. The second-order valence-corrected chi connectivity index (χ2v) is 6.98. The van der Waals surface area contributed by atoms with Gasteiger partial charge in [0, 0.05) is 15.4 Å². The van der Waals surface area contributed by atoms with Gasteiger partial charge in [-0.25, -0.2) is 0 Å². The van der Waals surface area contributed by atoms with Crippen LogP contribution in [0.4, 0.5) is 0 Å². The Morgan fingerprint density at radius 1 is 1.67 bits per heavy atom. The number of hydrogen-bond acceptors (Lipinski definition) is 2. The molecule has 0 aromatic carbocycles. The first-order chi connectivity index (χ1) is 7.08. The molecular formula is C11H15BrClNS. The minimum atomic E-state index is 0.588. The second kappa shape index (κ2) is 4.74. The molecule has 1 nitrogen and oxygen atoms in total. The average molecular weight is 309 g/mol. The Labute approximate surface area is 108 Å². The summed E-state index contributed by atoms with van der Waals surface area (Å²) in [6, 6.07) is 2.76. The molecule has 2 atom stereocenters. The maximum Gasteiger partial charge on any atom is 0.107 e. The third-order valence-electron chi connectivity index (χ3n) is 2.74. The highest BCUT2D eigenvalue weighted by Gasteiger charge is 2.39. The van der Waals surface area contributed by atoms with Crippen LogP contribution >= 0.6 is 38.9 Å². The maximum atomic E-state index is 6.03. The molecule has 84 valence electrons. The molecule has 0 spiro atoms. The van der Waals surface area contributed by atoms with E-state index < -0.39 is 0 Å². The molecule has 0 aliphatic heterocycles. The molecule has 15 heavy (non-hydrogen) atoms. The van der Waals surface area contributed by atoms with Crippen LogP contribution in [-0.2, 0) is 0 Å². The fraction of sp³-hybridized carbons (Fsp3) is 0.636. The predicted molar refractivity (Wildman–Crippen MR) is 71.0 cm³/mol. The summed E-state index contributed by atoms with van der Waals surface area (Å²) in [6.07, 6.45) is 1.31. The Balaban J connectivity index is 1.88. The van der Waals surface area contributed by atoms with Gasteiger partial charge in [-0.05, 0) is 46.8 Å². The molecule has 1 aliphatic rings. The number of halogens is 2. The summed E-state index contributed by atoms with van der Waals surface area (Å²) < 4.78 is 1.93. The predicted octanol–water partition coefficient (Wildman–Crippen LogP) is 4.27. The van der Waals surface area contributed by atoms with Gasteiger partial charge in [0.2, 0.25) is 0 Å². The van der Waals surface area contributed by atoms with E-state index in [-0.39, 0.29) is 0 Å². The molecule has 2 rings (SSSR count). The minimum Gasteiger partial charge on any atom is -0.314 e. The van der Waals surface area contributed by atoms with E-state index in [0.717, 1.165) is 27.2 Å². The highest BCUT2D eigenvalue weighted by atomic mass is 79.9. The van der Waals surface area contributed by atoms with Gasteiger partial charge in [0.25, 0.3) is 0 Å². The van der Waals surface area contributed by atoms with Gasteiger partial charge in [-0.2, -0.15) is 0 Å². The molecule has 0 radical (unpaired) electrons. The van der Waals surface area contributed by atoms with Gasteiger partial charge >= 0.3 is 0 Å². The van der Waals surface area contributed by atoms with E-state index in [1.807, 2.05) is 0 Å². The Hall–Kier alpha value is 0.430. The number of rotatable bonds is 4. The Morgan fingerprint density at radius 2 is 2.40 bits per heavy atom. The van der Waals surface area contributed by atoms with E-state index in [2.05, 4.69) is 41.2 Å². The highest BCUT2D eigenvalue weighted by molar-refractivity contribution is 9.10. The molecule has 1 aromatic heterocycles. The third-order valence-corrected chi connectivity index (χ3v) is 5.35. The maximum absolute atomic E-state index is 6.03. The Bertz CT molecular complexity index is 331. The second-order valence-electron chi connectivity index (χ2n) is 4.44. The summed E-state index contributed by atoms with van der Waals surface area (Å²) in [4.78, 5) is 1.43. The van der Waals surface area contributed by atoms with Gasteiger partial charge in [-0.15, -0.1) is 11.3 Å². The summed E-state index contributed by atoms with van der Waals surface area (Å²) in [5.41, 5.74) is 0. The topological polar surface area (TPSA) is 12.0 Å². The van der Waals surface area contributed by atoms with E-state index in [1.165, 1.54) is 11.3 Å². The zero-order chi connectivity index (χ0) is 11.0. The van der Waals surface area contributed by atoms with Crippen LogP contribution in [0, 0.1) is 5.92 Å². The molecule has 0 bridgehead atoms. The molecule has 2 unspecified atom stereocenters. The van der Waals surface area contributed by atoms with Gasteiger partial charge in [0.15, 0.2) is 0 Å². The minimum absolute atomic E-state index is 0.588. The van der Waals surface area contributed by atoms with Crippen molar-refractivity contribution in [1.29, 1.82) is 0 Å². The van der Waals surface area contributed by atoms with Crippen molar-refractivity contribution >= 4 is 38.9 Å². The third kappa shape index (κ3) is 2.96. The molecule has 1 N–H and O–H groups in total. The van der Waals surface area contributed by atoms with E-state index >= 15 is 0 Å². The monoisotopic (exact) mass is 307 g/mol. The first-order valence-corrected chi connectivity index (χ1v) is 7.24. The summed E-state index contributed by atoms with van der Waals surface area (Å²) in [5, 5.41) is 3.49. The molecule has 1 fully saturated rings. The van der Waals surface area contributed by atoms with Gasteiger partial charge in [-0.1, -0.05) is 25.4 Å². The van der Waals surface area contributed by atoms with Crippen LogP contribution in [-0.4, -0.2) is 12.6 Å². The number of thiophene rings is 1. The number of nitrogens with one attached hydrogen (secondary N) is 1. The molecule has 1 aromatic rings. The van der Waals surface area contributed by atoms with Gasteiger partial charge in [0.05, 0.1) is 0 Å². The zero-order valence-electron chi connectivity index (χ0n) is 8.89. The van der Waals surface area contributed by atoms with Crippen LogP contribution in [0.15, 0.2) is 10.5 Å². The Morgan fingerprint density at radius 3 is 2.93 bits per heavy atom. The molecule has 1 aliphatic carbocycles. The smallest absolute Gasteiger partial charge is 0.107 e. The van der Waals surface area contributed by atoms with Crippen molar-refractivity contribution < 1.29 is 0 Å². The quantitative estimate of drug-likeness (QED) is 0.876. The van der Waals surface area contributed by atoms with E-state index in [4.69, 9.17) is 11.6 Å². The fourth-order valence-corrected chi connectivity index (χ4v) is 3.70. The van der Waals surface area contributed by atoms with Crippen LogP contribution < -0.4 is 5.32 Å². The van der Waals surface area contributed by atoms with Crippen molar-refractivity contribution in [2.75, 3.05) is 6.54 Å². The summed E-state index contributed by atoms with van der Waals surface area (Å²) in [6.45, 7) is 5.52. The van der Waals surface area contributed by atoms with Crippen LogP contribution in [0.1, 0.15) is 31.1 Å². The normalized spacial score (nSPS) is 24.9. The average Bonchev–Trinajstić information content (AvgIpc) is 2.85. The lowest BCUT2D eigenvalue weighted by Gasteiger charge is -2.06. The van der Waals surface area contributed by atoms with Crippen LogP contribution in [0.25, 0.3) is 0 Å². The van der Waals surface area contributed by atoms with Gasteiger partial charge < -0.3 is 5.32 Å². The summed E-state index contributed by atoms with van der Waals surface area (Å²) in [5.74, 6) is 1.55. The van der Waals surface area contributed by atoms with Crippen molar-refractivity contribution in [1.82, 2.24) is 5.32 Å². The lowest BCUT2D eigenvalue weighted by Crippen LogP contribution is -2.25. The van der Waals surface area contributed by atoms with Crippen molar-refractivity contribution in [3.05, 3.63) is 19.8 Å². The molecule has 4 heteroatoms. The SMILES string of the molecule is CC(C)NCC1CC1c1cc(Br)c(Cl)s1. The molecule has 0 saturated heterocycles. The van der Waals surface area contributed by atoms with Crippen molar-refractivity contribution in [3.8, 4) is 0 Å². The van der Waals surface area contributed by atoms with Crippen LogP contribution in [0.5, 0.6) is 0 Å². The zero-order valence-corrected chi connectivity index (χ0v) is 12.0. The summed E-state index contributed by atoms with van der Waals surface area (Å²) >= 11 is 11.2. The molecule has 1 heterocycles. The molecular weight excluding hydrogens is 294 g/mol. The van der Waals surface area contributed by atoms with Gasteiger partial charge in [0.1, 0.15) is 4.34 Å². The fourth-order valence-electron chi connectivity index (χ4n) is 1.75. The molecule has 1 saturated carbocycles. The molecule has 0 amide bonds. The van der Waals surface area contributed by atoms with Crippen LogP contribution in [0.2, 0.25) is 4.34 Å². The Kier molecular flexibility index (Phi) is 3.76. The van der Waals surface area contributed by atoms with Gasteiger partial charge in [-0.3, -0.25) is 0 Å². The standard InChI is InChI=1S/C11H15BrClNS/c1-6(2)14-5-7-3-8(7)10-4-9(12)11(13)15-10/h4,6-8,14H,3,5H2,1-2H3. The summed E-state index contributed by atoms with van der Waals surface area (Å²) in [7, 11) is 0. The highest BCUT2D eigenvalue weighted by Crippen LogP contribution is 2.51. The van der Waals surface area contributed by atoms with E-state index in [9.17, 15) is 0 Å². The van der Waals surface area contributed by atoms with Crippen molar-refractivity contribution in [2.24, 2.45) is 5.92 Å².